The third-order valence-electron chi connectivity index (χ3n) is 3.74. The molecule has 0 aliphatic carbocycles. The number of halogens is 1. The van der Waals surface area contributed by atoms with Crippen LogP contribution in [0.25, 0.3) is 0 Å². The van der Waals surface area contributed by atoms with Crippen molar-refractivity contribution in [3.05, 3.63) is 95.0 Å². The van der Waals surface area contributed by atoms with Gasteiger partial charge in [0.1, 0.15) is 5.75 Å². The molecule has 0 amide bonds. The van der Waals surface area contributed by atoms with Crippen LogP contribution < -0.4 is 10.1 Å². The molecule has 0 aliphatic rings. The van der Waals surface area contributed by atoms with Crippen LogP contribution in [0.1, 0.15) is 11.1 Å². The molecule has 3 heteroatoms. The van der Waals surface area contributed by atoms with Crippen molar-refractivity contribution in [3.63, 3.8) is 0 Å². The van der Waals surface area contributed by atoms with Gasteiger partial charge in [-0.3, -0.25) is 0 Å². The van der Waals surface area contributed by atoms with Crippen LogP contribution in [0, 0.1) is 0 Å². The molecule has 0 spiro atoms. The van der Waals surface area contributed by atoms with Crippen LogP contribution in [0.4, 0.5) is 5.69 Å². The maximum atomic E-state index is 5.90. The summed E-state index contributed by atoms with van der Waals surface area (Å²) in [6, 6.07) is 26.3. The Bertz CT molecular complexity index is 756. The number of hydrogen-bond acceptors (Lipinski definition) is 2. The topological polar surface area (TPSA) is 21.3 Å². The summed E-state index contributed by atoms with van der Waals surface area (Å²) in [5, 5.41) is 4.13. The Balaban J connectivity index is 1.51. The fraction of sp³-hybridized carbons (Fsp3) is 0.143. The summed E-state index contributed by atoms with van der Waals surface area (Å²) in [6.45, 7) is 1.43. The second kappa shape index (κ2) is 8.42. The van der Waals surface area contributed by atoms with Gasteiger partial charge >= 0.3 is 0 Å². The van der Waals surface area contributed by atoms with E-state index in [2.05, 4.69) is 41.7 Å². The number of benzene rings is 3. The number of anilines is 1. The van der Waals surface area contributed by atoms with Crippen LogP contribution in [-0.2, 0) is 13.0 Å². The van der Waals surface area contributed by atoms with Gasteiger partial charge in [0.15, 0.2) is 0 Å². The Labute approximate surface area is 148 Å². The van der Waals surface area contributed by atoms with Crippen LogP contribution >= 0.6 is 11.6 Å². The first-order valence-electron chi connectivity index (χ1n) is 8.05. The molecule has 1 N–H and O–H groups in total. The molecule has 0 heterocycles. The minimum Gasteiger partial charge on any atom is -0.493 e. The number of rotatable bonds is 7. The lowest BCUT2D eigenvalue weighted by Gasteiger charge is -2.10. The van der Waals surface area contributed by atoms with Crippen molar-refractivity contribution in [1.82, 2.24) is 0 Å². The van der Waals surface area contributed by atoms with Crippen LogP contribution in [0.15, 0.2) is 78.9 Å². The molecule has 0 fully saturated rings. The highest BCUT2D eigenvalue weighted by Gasteiger charge is 1.99. The molecule has 122 valence electrons. The van der Waals surface area contributed by atoms with Crippen molar-refractivity contribution in [2.24, 2.45) is 0 Å². The van der Waals surface area contributed by atoms with Gasteiger partial charge in [-0.25, -0.2) is 0 Å². The zero-order valence-electron chi connectivity index (χ0n) is 13.4. The van der Waals surface area contributed by atoms with Crippen molar-refractivity contribution in [2.45, 2.75) is 13.0 Å². The number of hydrogen-bond donors (Lipinski definition) is 1. The Morgan fingerprint density at radius 3 is 2.33 bits per heavy atom. The van der Waals surface area contributed by atoms with Gasteiger partial charge in [0.05, 0.1) is 6.61 Å². The van der Waals surface area contributed by atoms with Gasteiger partial charge < -0.3 is 10.1 Å². The van der Waals surface area contributed by atoms with E-state index >= 15 is 0 Å². The predicted octanol–water partition coefficient (Wildman–Crippen LogP) is 5.57. The summed E-state index contributed by atoms with van der Waals surface area (Å²) in [7, 11) is 0. The third-order valence-corrected chi connectivity index (χ3v) is 3.99. The summed E-state index contributed by atoms with van der Waals surface area (Å²) >= 11 is 5.90. The fourth-order valence-electron chi connectivity index (χ4n) is 2.45. The van der Waals surface area contributed by atoms with E-state index in [1.54, 1.807) is 0 Å². The van der Waals surface area contributed by atoms with E-state index in [9.17, 15) is 0 Å². The maximum Gasteiger partial charge on any atom is 0.119 e. The number of ether oxygens (including phenoxy) is 1. The third kappa shape index (κ3) is 5.04. The van der Waals surface area contributed by atoms with Crippen LogP contribution in [0.3, 0.4) is 0 Å². The molecule has 0 unspecified atom stereocenters. The van der Waals surface area contributed by atoms with E-state index in [0.29, 0.717) is 6.61 Å². The maximum absolute atomic E-state index is 5.90. The summed E-state index contributed by atoms with van der Waals surface area (Å²) in [5.41, 5.74) is 3.52. The van der Waals surface area contributed by atoms with Crippen LogP contribution in [-0.4, -0.2) is 6.61 Å². The Kier molecular flexibility index (Phi) is 5.75. The fourth-order valence-corrected chi connectivity index (χ4v) is 2.57. The second-order valence-electron chi connectivity index (χ2n) is 5.59. The average Bonchev–Trinajstić information content (AvgIpc) is 2.63. The minimum absolute atomic E-state index is 0.679. The first kappa shape index (κ1) is 16.4. The number of nitrogens with one attached hydrogen (secondary N) is 1. The predicted molar refractivity (Wildman–Crippen MR) is 101 cm³/mol. The van der Waals surface area contributed by atoms with Crippen molar-refractivity contribution >= 4 is 17.3 Å². The largest absolute Gasteiger partial charge is 0.493 e. The molecule has 3 aromatic carbocycles. The van der Waals surface area contributed by atoms with Crippen molar-refractivity contribution in [1.29, 1.82) is 0 Å². The highest BCUT2D eigenvalue weighted by atomic mass is 35.5. The summed E-state index contributed by atoms with van der Waals surface area (Å²) in [5.74, 6) is 0.904. The zero-order valence-corrected chi connectivity index (χ0v) is 14.2. The SMILES string of the molecule is Clc1ccc(NCc2cccc(OCCc3ccccc3)c2)cc1. The van der Waals surface area contributed by atoms with E-state index in [1.165, 1.54) is 11.1 Å². The van der Waals surface area contributed by atoms with Gasteiger partial charge in [-0.2, -0.15) is 0 Å². The quantitative estimate of drug-likeness (QED) is 0.608. The first-order chi connectivity index (χ1) is 11.8. The van der Waals surface area contributed by atoms with E-state index in [-0.39, 0.29) is 0 Å². The molecular formula is C21H20ClNO. The van der Waals surface area contributed by atoms with Crippen molar-refractivity contribution in [2.75, 3.05) is 11.9 Å². The molecule has 0 aliphatic heterocycles. The summed E-state index contributed by atoms with van der Waals surface area (Å²) in [4.78, 5) is 0. The van der Waals surface area contributed by atoms with Gasteiger partial charge in [0.2, 0.25) is 0 Å². The molecule has 0 aromatic heterocycles. The summed E-state index contributed by atoms with van der Waals surface area (Å²) < 4.78 is 5.87. The lowest BCUT2D eigenvalue weighted by Crippen LogP contribution is -2.03. The Morgan fingerprint density at radius 1 is 0.792 bits per heavy atom. The molecular weight excluding hydrogens is 318 g/mol. The molecule has 0 saturated carbocycles. The van der Waals surface area contributed by atoms with Crippen molar-refractivity contribution < 1.29 is 4.74 Å². The highest BCUT2D eigenvalue weighted by Crippen LogP contribution is 2.17. The first-order valence-corrected chi connectivity index (χ1v) is 8.42. The van der Waals surface area contributed by atoms with Crippen LogP contribution in [0.5, 0.6) is 5.75 Å². The van der Waals surface area contributed by atoms with E-state index in [0.717, 1.165) is 29.4 Å². The standard InChI is InChI=1S/C21H20ClNO/c22-19-9-11-20(12-10-19)23-16-18-7-4-8-21(15-18)24-14-13-17-5-2-1-3-6-17/h1-12,15,23H,13-14,16H2. The van der Waals surface area contributed by atoms with Gasteiger partial charge in [0, 0.05) is 23.7 Å². The minimum atomic E-state index is 0.679. The van der Waals surface area contributed by atoms with Gasteiger partial charge in [-0.1, -0.05) is 54.1 Å². The van der Waals surface area contributed by atoms with Crippen LogP contribution in [0.2, 0.25) is 5.02 Å². The molecule has 0 bridgehead atoms. The zero-order chi connectivity index (χ0) is 16.6. The molecule has 3 aromatic rings. The Morgan fingerprint density at radius 2 is 1.54 bits per heavy atom. The molecule has 2 nitrogen and oxygen atoms in total. The monoisotopic (exact) mass is 337 g/mol. The van der Waals surface area contributed by atoms with E-state index in [4.69, 9.17) is 16.3 Å². The molecule has 0 radical (unpaired) electrons. The average molecular weight is 338 g/mol. The highest BCUT2D eigenvalue weighted by molar-refractivity contribution is 6.30. The lowest BCUT2D eigenvalue weighted by atomic mass is 10.2. The van der Waals surface area contributed by atoms with Crippen molar-refractivity contribution in [3.8, 4) is 5.75 Å². The van der Waals surface area contributed by atoms with E-state index < -0.39 is 0 Å². The molecule has 3 rings (SSSR count). The second-order valence-corrected chi connectivity index (χ2v) is 6.03. The van der Waals surface area contributed by atoms with Gasteiger partial charge in [-0.15, -0.1) is 0 Å². The van der Waals surface area contributed by atoms with Gasteiger partial charge in [0.25, 0.3) is 0 Å². The summed E-state index contributed by atoms with van der Waals surface area (Å²) in [6.07, 6.45) is 0.911. The smallest absolute Gasteiger partial charge is 0.119 e. The Hall–Kier alpha value is -2.45. The van der Waals surface area contributed by atoms with Gasteiger partial charge in [-0.05, 0) is 47.5 Å². The molecule has 24 heavy (non-hydrogen) atoms. The normalized spacial score (nSPS) is 10.4. The molecule has 0 saturated heterocycles. The molecule has 0 atom stereocenters. The van der Waals surface area contributed by atoms with E-state index in [1.807, 2.05) is 42.5 Å². The lowest BCUT2D eigenvalue weighted by molar-refractivity contribution is 0.321.